The third kappa shape index (κ3) is 5.70. The predicted octanol–water partition coefficient (Wildman–Crippen LogP) is 4.10. The molecule has 0 N–H and O–H groups in total. The second kappa shape index (κ2) is 11.7. The topological polar surface area (TPSA) is 52.6 Å². The SMILES string of the molecule is O=C(OCC#CC#CC#CCOC(=O)c1c(F)c(F)c(F)c(F)c1F)c1c(F)c(F)c(F)c(F)c1F. The summed E-state index contributed by atoms with van der Waals surface area (Å²) in [5.74, 6) is -15.7. The van der Waals surface area contributed by atoms with Gasteiger partial charge in [-0.2, -0.15) is 0 Å². The number of carbonyl (C=O) groups excluding carboxylic acids is 2. The maximum Gasteiger partial charge on any atom is 0.345 e. The molecule has 0 fully saturated rings. The highest BCUT2D eigenvalue weighted by Crippen LogP contribution is 2.24. The molecule has 0 bridgehead atoms. The van der Waals surface area contributed by atoms with Crippen molar-refractivity contribution in [2.75, 3.05) is 13.2 Å². The zero-order valence-electron chi connectivity index (χ0n) is 16.8. The minimum absolute atomic E-state index is 0.889. The van der Waals surface area contributed by atoms with Gasteiger partial charge in [0, 0.05) is 0 Å². The van der Waals surface area contributed by atoms with Crippen LogP contribution in [-0.4, -0.2) is 25.2 Å². The summed E-state index contributed by atoms with van der Waals surface area (Å²) in [5.41, 5.74) is -3.66. The largest absolute Gasteiger partial charge is 0.449 e. The molecule has 0 unspecified atom stereocenters. The Balaban J connectivity index is 1.92. The summed E-state index contributed by atoms with van der Waals surface area (Å²) in [5, 5.41) is 0. The van der Waals surface area contributed by atoms with E-state index in [4.69, 9.17) is 0 Å². The highest BCUT2D eigenvalue weighted by molar-refractivity contribution is 5.90. The number of hydrogen-bond acceptors (Lipinski definition) is 4. The quantitative estimate of drug-likeness (QED) is 0.200. The lowest BCUT2D eigenvalue weighted by atomic mass is 10.1. The van der Waals surface area contributed by atoms with E-state index in [0.29, 0.717) is 0 Å². The molecule has 0 aromatic heterocycles. The molecule has 0 saturated heterocycles. The first-order valence-electron chi connectivity index (χ1n) is 8.74. The van der Waals surface area contributed by atoms with Crippen LogP contribution in [0.3, 0.4) is 0 Å². The summed E-state index contributed by atoms with van der Waals surface area (Å²) >= 11 is 0. The molecule has 36 heavy (non-hydrogen) atoms. The van der Waals surface area contributed by atoms with Crippen molar-refractivity contribution in [1.82, 2.24) is 0 Å². The van der Waals surface area contributed by atoms with Gasteiger partial charge in [0.2, 0.25) is 11.6 Å². The molecule has 0 radical (unpaired) electrons. The van der Waals surface area contributed by atoms with E-state index in [1.54, 1.807) is 0 Å². The number of hydrogen-bond donors (Lipinski definition) is 0. The third-order valence-electron chi connectivity index (χ3n) is 3.74. The number of rotatable bonds is 4. The van der Waals surface area contributed by atoms with Crippen molar-refractivity contribution in [1.29, 1.82) is 0 Å². The molecule has 4 nitrogen and oxygen atoms in total. The van der Waals surface area contributed by atoms with Gasteiger partial charge in [-0.3, -0.25) is 0 Å². The van der Waals surface area contributed by atoms with E-state index in [1.165, 1.54) is 0 Å². The average Bonchev–Trinajstić information content (AvgIpc) is 2.85. The Morgan fingerprint density at radius 2 is 0.694 bits per heavy atom. The van der Waals surface area contributed by atoms with Crippen LogP contribution in [0.25, 0.3) is 0 Å². The van der Waals surface area contributed by atoms with E-state index in [2.05, 4.69) is 9.47 Å². The Kier molecular flexibility index (Phi) is 8.95. The molecule has 0 spiro atoms. The predicted molar refractivity (Wildman–Crippen MR) is 96.4 cm³/mol. The number of benzene rings is 2. The van der Waals surface area contributed by atoms with Gasteiger partial charge in [0.25, 0.3) is 0 Å². The van der Waals surface area contributed by atoms with Crippen LogP contribution in [0.5, 0.6) is 0 Å². The molecule has 0 aliphatic carbocycles. The van der Waals surface area contributed by atoms with E-state index in [-0.39, 0.29) is 0 Å². The van der Waals surface area contributed by atoms with E-state index >= 15 is 0 Å². The van der Waals surface area contributed by atoms with Gasteiger partial charge in [-0.25, -0.2) is 53.5 Å². The van der Waals surface area contributed by atoms with Crippen LogP contribution in [-0.2, 0) is 9.47 Å². The molecule has 0 aliphatic heterocycles. The van der Waals surface area contributed by atoms with Crippen molar-refractivity contribution >= 4 is 11.9 Å². The van der Waals surface area contributed by atoms with Crippen molar-refractivity contribution < 1.29 is 63.0 Å². The van der Waals surface area contributed by atoms with E-state index < -0.39 is 94.5 Å². The van der Waals surface area contributed by atoms with Crippen LogP contribution in [0, 0.1) is 93.7 Å². The van der Waals surface area contributed by atoms with Crippen LogP contribution < -0.4 is 0 Å². The summed E-state index contributed by atoms with van der Waals surface area (Å²) in [7, 11) is 0. The van der Waals surface area contributed by atoms with Crippen molar-refractivity contribution in [2.45, 2.75) is 0 Å². The summed E-state index contributed by atoms with van der Waals surface area (Å²) in [6.45, 7) is -1.78. The molecule has 2 aromatic carbocycles. The molecule has 0 amide bonds. The van der Waals surface area contributed by atoms with Gasteiger partial charge in [-0.05, 0) is 35.5 Å². The minimum atomic E-state index is -2.47. The van der Waals surface area contributed by atoms with Crippen LogP contribution in [0.4, 0.5) is 43.9 Å². The highest BCUT2D eigenvalue weighted by atomic mass is 19.2. The molecule has 0 heterocycles. The number of ether oxygens (including phenoxy) is 2. The zero-order valence-corrected chi connectivity index (χ0v) is 16.8. The molecule has 0 aliphatic rings. The smallest absolute Gasteiger partial charge is 0.345 e. The summed E-state index contributed by atoms with van der Waals surface area (Å²) in [6, 6.07) is 0. The molecule has 0 saturated carbocycles. The van der Waals surface area contributed by atoms with E-state index in [0.717, 1.165) is 0 Å². The molecule has 2 aromatic rings. The number of carbonyl (C=O) groups is 2. The van der Waals surface area contributed by atoms with Crippen molar-refractivity contribution in [3.05, 3.63) is 69.3 Å². The van der Waals surface area contributed by atoms with Crippen molar-refractivity contribution in [3.8, 4) is 35.5 Å². The van der Waals surface area contributed by atoms with Gasteiger partial charge < -0.3 is 9.47 Å². The molecular weight excluding hydrogens is 518 g/mol. The van der Waals surface area contributed by atoms with Crippen molar-refractivity contribution in [2.24, 2.45) is 0 Å². The average molecular weight is 522 g/mol. The van der Waals surface area contributed by atoms with Crippen LogP contribution >= 0.6 is 0 Å². The second-order valence-electron chi connectivity index (χ2n) is 5.90. The Labute approximate surface area is 193 Å². The first kappa shape index (κ1) is 27.6. The monoisotopic (exact) mass is 522 g/mol. The second-order valence-corrected chi connectivity index (χ2v) is 5.90. The molecule has 186 valence electrons. The standard InChI is InChI=1S/C22H4F10O4/c23-11-9(12(24)16(28)19(31)15(11)27)21(33)35-7-5-3-1-2-4-6-8-36-22(34)10-13(25)17(29)20(32)18(30)14(10)26/h7-8H2. The Bertz CT molecular complexity index is 1280. The summed E-state index contributed by atoms with van der Waals surface area (Å²) in [4.78, 5) is 23.1. The van der Waals surface area contributed by atoms with Crippen LogP contribution in [0.2, 0.25) is 0 Å². The fourth-order valence-electron chi connectivity index (χ4n) is 2.14. The fraction of sp³-hybridized carbons (Fsp3) is 0.0909. The van der Waals surface area contributed by atoms with Gasteiger partial charge in [0.1, 0.15) is 11.1 Å². The minimum Gasteiger partial charge on any atom is -0.449 e. The van der Waals surface area contributed by atoms with Crippen LogP contribution in [0.1, 0.15) is 20.7 Å². The van der Waals surface area contributed by atoms with E-state index in [1.807, 2.05) is 35.5 Å². The van der Waals surface area contributed by atoms with Gasteiger partial charge >= 0.3 is 11.9 Å². The van der Waals surface area contributed by atoms with Crippen molar-refractivity contribution in [3.63, 3.8) is 0 Å². The zero-order chi connectivity index (χ0) is 27.2. The number of halogens is 10. The highest BCUT2D eigenvalue weighted by Gasteiger charge is 2.31. The van der Waals surface area contributed by atoms with Gasteiger partial charge in [-0.1, -0.05) is 0 Å². The number of esters is 2. The van der Waals surface area contributed by atoms with Gasteiger partial charge in [0.15, 0.2) is 59.8 Å². The lowest BCUT2D eigenvalue weighted by molar-refractivity contribution is 0.0532. The molecular formula is C22H4F10O4. The summed E-state index contributed by atoms with van der Waals surface area (Å²) < 4.78 is 140. The normalized spacial score (nSPS) is 9.72. The third-order valence-corrected chi connectivity index (χ3v) is 3.74. The lowest BCUT2D eigenvalue weighted by Gasteiger charge is -2.06. The summed E-state index contributed by atoms with van der Waals surface area (Å²) in [6.07, 6.45) is 0. The first-order chi connectivity index (χ1) is 16.9. The molecule has 14 heteroatoms. The molecule has 2 rings (SSSR count). The Morgan fingerprint density at radius 1 is 0.444 bits per heavy atom. The van der Waals surface area contributed by atoms with Crippen LogP contribution in [0.15, 0.2) is 0 Å². The maximum absolute atomic E-state index is 13.5. The maximum atomic E-state index is 13.5. The molecule has 0 atom stereocenters. The van der Waals surface area contributed by atoms with Gasteiger partial charge in [0.05, 0.1) is 0 Å². The van der Waals surface area contributed by atoms with E-state index in [9.17, 15) is 53.5 Å². The van der Waals surface area contributed by atoms with Gasteiger partial charge in [-0.15, -0.1) is 0 Å². The first-order valence-corrected chi connectivity index (χ1v) is 8.74. The Hall–Kier alpha value is -4.64. The lowest BCUT2D eigenvalue weighted by Crippen LogP contribution is -2.15. The fourth-order valence-corrected chi connectivity index (χ4v) is 2.14. The Morgan fingerprint density at radius 3 is 0.972 bits per heavy atom.